The average molecular weight is 406 g/mol. The van der Waals surface area contributed by atoms with E-state index in [1.54, 1.807) is 36.5 Å². The number of rotatable bonds is 5. The Bertz CT molecular complexity index is 1200. The molecule has 4 aromatic rings. The molecule has 1 amide bonds. The molecule has 0 unspecified atom stereocenters. The van der Waals surface area contributed by atoms with Gasteiger partial charge in [-0.1, -0.05) is 29.8 Å². The van der Waals surface area contributed by atoms with Crippen molar-refractivity contribution in [2.75, 3.05) is 0 Å². The second-order valence-corrected chi connectivity index (χ2v) is 7.03. The topological polar surface area (TPSA) is 46.4 Å². The first kappa shape index (κ1) is 18.9. The minimum absolute atomic E-state index is 0.238. The fourth-order valence-electron chi connectivity index (χ4n) is 3.10. The minimum atomic E-state index is -0.305. The molecule has 6 heteroatoms. The average Bonchev–Trinajstić information content (AvgIpc) is 3.10. The van der Waals surface area contributed by atoms with Crippen molar-refractivity contribution in [3.63, 3.8) is 0 Å². The van der Waals surface area contributed by atoms with Gasteiger partial charge < -0.3 is 4.57 Å². The van der Waals surface area contributed by atoms with E-state index in [0.717, 1.165) is 22.0 Å². The maximum Gasteiger partial charge on any atom is 0.271 e. The molecule has 144 valence electrons. The Labute approximate surface area is 172 Å². The molecule has 29 heavy (non-hydrogen) atoms. The van der Waals surface area contributed by atoms with E-state index >= 15 is 0 Å². The van der Waals surface area contributed by atoms with Gasteiger partial charge >= 0.3 is 0 Å². The monoisotopic (exact) mass is 405 g/mol. The number of hydrogen-bond acceptors (Lipinski definition) is 2. The summed E-state index contributed by atoms with van der Waals surface area (Å²) in [7, 11) is 0. The Morgan fingerprint density at radius 2 is 1.90 bits per heavy atom. The van der Waals surface area contributed by atoms with Crippen molar-refractivity contribution in [3.05, 3.63) is 107 Å². The third-order valence-corrected chi connectivity index (χ3v) is 4.78. The minimum Gasteiger partial charge on any atom is -0.343 e. The van der Waals surface area contributed by atoms with Crippen LogP contribution in [0.25, 0.3) is 10.9 Å². The molecule has 3 aromatic carbocycles. The van der Waals surface area contributed by atoms with Crippen molar-refractivity contribution in [2.24, 2.45) is 5.10 Å². The summed E-state index contributed by atoms with van der Waals surface area (Å²) in [5, 5.41) is 5.63. The number of amides is 1. The molecule has 0 saturated heterocycles. The molecule has 0 fully saturated rings. The Hall–Kier alpha value is -3.44. The third-order valence-electron chi connectivity index (χ3n) is 4.52. The standard InChI is InChI=1S/C23H17ClFN3O/c24-20-7-5-18(6-8-20)23(29)27-26-14-16-4-9-22-19(12-16)10-11-28(22)15-17-2-1-3-21(25)13-17/h1-14H,15H2,(H,27,29)/b26-14+. The van der Waals surface area contributed by atoms with Crippen LogP contribution in [0.2, 0.25) is 5.02 Å². The van der Waals surface area contributed by atoms with E-state index in [1.807, 2.05) is 36.5 Å². The largest absolute Gasteiger partial charge is 0.343 e. The van der Waals surface area contributed by atoms with Crippen LogP contribution in [0.1, 0.15) is 21.5 Å². The Morgan fingerprint density at radius 3 is 2.69 bits per heavy atom. The molecule has 0 aliphatic rings. The number of carbonyl (C=O) groups excluding carboxylic acids is 1. The predicted molar refractivity (Wildman–Crippen MR) is 114 cm³/mol. The zero-order valence-corrected chi connectivity index (χ0v) is 16.1. The van der Waals surface area contributed by atoms with Crippen molar-refractivity contribution in [1.29, 1.82) is 0 Å². The number of hydrazone groups is 1. The number of benzene rings is 3. The Kier molecular flexibility index (Phi) is 5.40. The van der Waals surface area contributed by atoms with E-state index in [-0.39, 0.29) is 11.7 Å². The van der Waals surface area contributed by atoms with Crippen LogP contribution in [0.4, 0.5) is 4.39 Å². The molecule has 4 nitrogen and oxygen atoms in total. The number of nitrogens with zero attached hydrogens (tertiary/aromatic N) is 2. The molecular formula is C23H17ClFN3O. The van der Waals surface area contributed by atoms with Crippen LogP contribution < -0.4 is 5.43 Å². The Morgan fingerprint density at radius 1 is 1.07 bits per heavy atom. The van der Waals surface area contributed by atoms with Gasteiger partial charge in [0.05, 0.1) is 6.21 Å². The van der Waals surface area contributed by atoms with Gasteiger partial charge in [-0.05, 0) is 65.7 Å². The zero-order chi connectivity index (χ0) is 20.2. The van der Waals surface area contributed by atoms with Crippen LogP contribution in [-0.4, -0.2) is 16.7 Å². The van der Waals surface area contributed by atoms with Gasteiger partial charge in [0.15, 0.2) is 0 Å². The molecule has 0 radical (unpaired) electrons. The molecule has 0 spiro atoms. The first-order chi connectivity index (χ1) is 14.1. The fourth-order valence-corrected chi connectivity index (χ4v) is 3.23. The molecule has 1 N–H and O–H groups in total. The second-order valence-electron chi connectivity index (χ2n) is 6.60. The first-order valence-electron chi connectivity index (χ1n) is 9.01. The summed E-state index contributed by atoms with van der Waals surface area (Å²) in [6, 6.07) is 21.1. The van der Waals surface area contributed by atoms with Crippen LogP contribution in [0.15, 0.2) is 84.1 Å². The number of carbonyl (C=O) groups is 1. The van der Waals surface area contributed by atoms with Gasteiger partial charge in [-0.15, -0.1) is 0 Å². The maximum atomic E-state index is 13.4. The number of aromatic nitrogens is 1. The van der Waals surface area contributed by atoms with E-state index in [4.69, 9.17) is 11.6 Å². The van der Waals surface area contributed by atoms with E-state index in [2.05, 4.69) is 15.1 Å². The van der Waals surface area contributed by atoms with Crippen LogP contribution in [0, 0.1) is 5.82 Å². The van der Waals surface area contributed by atoms with Gasteiger partial charge in [-0.25, -0.2) is 9.82 Å². The summed E-state index contributed by atoms with van der Waals surface area (Å²) in [5.41, 5.74) is 5.79. The highest BCUT2D eigenvalue weighted by Gasteiger charge is 2.05. The van der Waals surface area contributed by atoms with E-state index in [0.29, 0.717) is 17.1 Å². The van der Waals surface area contributed by atoms with Crippen molar-refractivity contribution < 1.29 is 9.18 Å². The van der Waals surface area contributed by atoms with Crippen LogP contribution in [0.5, 0.6) is 0 Å². The normalized spacial score (nSPS) is 11.2. The first-order valence-corrected chi connectivity index (χ1v) is 9.38. The highest BCUT2D eigenvalue weighted by molar-refractivity contribution is 6.30. The third kappa shape index (κ3) is 4.52. The van der Waals surface area contributed by atoms with Gasteiger partial charge in [0.25, 0.3) is 5.91 Å². The van der Waals surface area contributed by atoms with E-state index in [1.165, 1.54) is 12.1 Å². The lowest BCUT2D eigenvalue weighted by molar-refractivity contribution is 0.0955. The number of halogens is 2. The molecule has 1 aromatic heterocycles. The van der Waals surface area contributed by atoms with Gasteiger partial charge in [-0.3, -0.25) is 4.79 Å². The zero-order valence-electron chi connectivity index (χ0n) is 15.3. The van der Waals surface area contributed by atoms with Crippen molar-refractivity contribution in [1.82, 2.24) is 9.99 Å². The molecular weight excluding hydrogens is 389 g/mol. The van der Waals surface area contributed by atoms with E-state index in [9.17, 15) is 9.18 Å². The van der Waals surface area contributed by atoms with Crippen LogP contribution >= 0.6 is 11.6 Å². The highest BCUT2D eigenvalue weighted by atomic mass is 35.5. The van der Waals surface area contributed by atoms with Crippen molar-refractivity contribution in [3.8, 4) is 0 Å². The predicted octanol–water partition coefficient (Wildman–Crippen LogP) is 5.25. The summed E-state index contributed by atoms with van der Waals surface area (Å²) in [4.78, 5) is 12.1. The Balaban J connectivity index is 1.46. The van der Waals surface area contributed by atoms with Crippen LogP contribution in [-0.2, 0) is 6.54 Å². The number of hydrogen-bond donors (Lipinski definition) is 1. The lowest BCUT2D eigenvalue weighted by Crippen LogP contribution is -2.17. The molecule has 0 aliphatic carbocycles. The summed E-state index contributed by atoms with van der Waals surface area (Å²) < 4.78 is 15.5. The number of fused-ring (bicyclic) bond motifs is 1. The summed E-state index contributed by atoms with van der Waals surface area (Å²) >= 11 is 5.82. The smallest absolute Gasteiger partial charge is 0.271 e. The lowest BCUT2D eigenvalue weighted by Gasteiger charge is -2.06. The quantitative estimate of drug-likeness (QED) is 0.358. The molecule has 4 rings (SSSR count). The fraction of sp³-hybridized carbons (Fsp3) is 0.0435. The molecule has 0 aliphatic heterocycles. The SMILES string of the molecule is O=C(N/N=C/c1ccc2c(ccn2Cc2cccc(F)c2)c1)c1ccc(Cl)cc1. The van der Waals surface area contributed by atoms with Crippen LogP contribution in [0.3, 0.4) is 0 Å². The van der Waals surface area contributed by atoms with Gasteiger partial charge in [0, 0.05) is 34.2 Å². The van der Waals surface area contributed by atoms with Crippen molar-refractivity contribution in [2.45, 2.75) is 6.54 Å². The van der Waals surface area contributed by atoms with E-state index < -0.39 is 0 Å². The maximum absolute atomic E-state index is 13.4. The van der Waals surface area contributed by atoms with Gasteiger partial charge in [-0.2, -0.15) is 5.10 Å². The summed E-state index contributed by atoms with van der Waals surface area (Å²) in [6.45, 7) is 0.589. The second kappa shape index (κ2) is 8.29. The molecule has 0 saturated carbocycles. The summed E-state index contributed by atoms with van der Waals surface area (Å²) in [6.07, 6.45) is 3.57. The van der Waals surface area contributed by atoms with Crippen molar-refractivity contribution >= 4 is 34.6 Å². The van der Waals surface area contributed by atoms with Gasteiger partial charge in [0.1, 0.15) is 5.82 Å². The summed E-state index contributed by atoms with van der Waals surface area (Å²) in [5.74, 6) is -0.543. The molecule has 0 atom stereocenters. The molecule has 0 bridgehead atoms. The number of nitrogens with one attached hydrogen (secondary N) is 1. The highest BCUT2D eigenvalue weighted by Crippen LogP contribution is 2.19. The van der Waals surface area contributed by atoms with Gasteiger partial charge in [0.2, 0.25) is 0 Å². The molecule has 1 heterocycles. The lowest BCUT2D eigenvalue weighted by atomic mass is 10.1.